The van der Waals surface area contributed by atoms with Gasteiger partial charge in [-0.05, 0) is 85.6 Å². The lowest BCUT2D eigenvalue weighted by atomic mass is 9.83. The second-order valence-electron chi connectivity index (χ2n) is 11.1. The van der Waals surface area contributed by atoms with Gasteiger partial charge in [-0.1, -0.05) is 18.2 Å². The Kier molecular flexibility index (Phi) is 7.22. The molecule has 0 amide bonds. The molecule has 0 saturated carbocycles. The zero-order valence-corrected chi connectivity index (χ0v) is 23.8. The maximum Gasteiger partial charge on any atom is 0.135 e. The predicted molar refractivity (Wildman–Crippen MR) is 161 cm³/mol. The van der Waals surface area contributed by atoms with Gasteiger partial charge in [0.2, 0.25) is 0 Å². The van der Waals surface area contributed by atoms with Crippen LogP contribution in [-0.4, -0.2) is 28.6 Å². The Morgan fingerprint density at radius 2 is 1.28 bits per heavy atom. The molecule has 5 aromatic rings. The topological polar surface area (TPSA) is 32.3 Å². The lowest BCUT2D eigenvalue weighted by molar-refractivity contribution is 0.496. The predicted octanol–water partition coefficient (Wildman–Crippen LogP) is 8.54. The van der Waals surface area contributed by atoms with Crippen LogP contribution in [0.25, 0.3) is 33.6 Å². The summed E-state index contributed by atoms with van der Waals surface area (Å²) in [6, 6.07) is 23.8. The zero-order valence-electron chi connectivity index (χ0n) is 23.8. The zero-order chi connectivity index (χ0) is 30.3. The number of halogens is 4. The molecule has 1 aliphatic heterocycles. The molecule has 43 heavy (non-hydrogen) atoms. The van der Waals surface area contributed by atoms with Crippen LogP contribution < -0.4 is 4.90 Å². The molecule has 216 valence electrons. The molecule has 3 aromatic carbocycles. The van der Waals surface area contributed by atoms with E-state index in [-0.39, 0.29) is 11.1 Å². The fraction of sp³-hybridized carbons (Fsp3) is 0.143. The van der Waals surface area contributed by atoms with E-state index in [0.717, 1.165) is 28.9 Å². The number of nitrogens with zero attached hydrogens (tertiary/aromatic N) is 4. The molecule has 2 aromatic heterocycles. The molecule has 0 N–H and O–H groups in total. The van der Waals surface area contributed by atoms with Crippen molar-refractivity contribution < 1.29 is 17.6 Å². The van der Waals surface area contributed by atoms with E-state index in [1.165, 1.54) is 24.3 Å². The van der Waals surface area contributed by atoms with Gasteiger partial charge in [-0.25, -0.2) is 17.6 Å². The fourth-order valence-electron chi connectivity index (χ4n) is 5.17. The van der Waals surface area contributed by atoms with Crippen molar-refractivity contribution in [1.82, 2.24) is 14.9 Å². The molecule has 0 unspecified atom stereocenters. The standard InChI is InChI=1S/C35H28F4N4/c1-35(2,33-9-5-8-31(40-33)27-12-10-24(36)19-29(27)38)34-18-23(17-32(41-34)28-13-11-25(37)20-30(28)39)22-6-4-7-26(16-22)43-15-14-42(3)21-43/h4-20H,21H2,1-3H3. The van der Waals surface area contributed by atoms with Gasteiger partial charge in [0.05, 0.1) is 29.4 Å². The molecule has 1 aliphatic rings. The minimum absolute atomic E-state index is 0.163. The van der Waals surface area contributed by atoms with E-state index in [2.05, 4.69) is 15.9 Å². The van der Waals surface area contributed by atoms with E-state index in [1.54, 1.807) is 18.2 Å². The van der Waals surface area contributed by atoms with Gasteiger partial charge in [0.25, 0.3) is 0 Å². The van der Waals surface area contributed by atoms with Gasteiger partial charge in [-0.15, -0.1) is 0 Å². The first-order chi connectivity index (χ1) is 20.6. The van der Waals surface area contributed by atoms with Gasteiger partial charge in [0.15, 0.2) is 0 Å². The van der Waals surface area contributed by atoms with Crippen LogP contribution in [0, 0.1) is 23.3 Å². The average molecular weight is 581 g/mol. The SMILES string of the molecule is CN1C=CN(c2cccc(-c3cc(-c4ccc(F)cc4F)nc(C(C)(C)c4cccc(-c5ccc(F)cc5F)n4)c3)c2)C1. The van der Waals surface area contributed by atoms with Crippen molar-refractivity contribution in [2.45, 2.75) is 19.3 Å². The van der Waals surface area contributed by atoms with Crippen molar-refractivity contribution in [1.29, 1.82) is 0 Å². The van der Waals surface area contributed by atoms with Gasteiger partial charge in [0.1, 0.15) is 23.3 Å². The second kappa shape index (κ2) is 11.0. The Balaban J connectivity index is 1.49. The first-order valence-corrected chi connectivity index (χ1v) is 13.7. The molecule has 0 radical (unpaired) electrons. The van der Waals surface area contributed by atoms with E-state index in [0.29, 0.717) is 29.4 Å². The van der Waals surface area contributed by atoms with Crippen LogP contribution in [0.2, 0.25) is 0 Å². The number of benzene rings is 3. The highest BCUT2D eigenvalue weighted by atomic mass is 19.1. The lowest BCUT2D eigenvalue weighted by Crippen LogP contribution is -2.23. The maximum absolute atomic E-state index is 15.1. The highest BCUT2D eigenvalue weighted by molar-refractivity contribution is 5.75. The van der Waals surface area contributed by atoms with E-state index in [9.17, 15) is 13.2 Å². The van der Waals surface area contributed by atoms with Crippen LogP contribution in [0.3, 0.4) is 0 Å². The van der Waals surface area contributed by atoms with Gasteiger partial charge in [-0.2, -0.15) is 0 Å². The summed E-state index contributed by atoms with van der Waals surface area (Å²) in [4.78, 5) is 13.8. The van der Waals surface area contributed by atoms with Crippen LogP contribution >= 0.6 is 0 Å². The summed E-state index contributed by atoms with van der Waals surface area (Å²) >= 11 is 0. The number of aromatic nitrogens is 2. The van der Waals surface area contributed by atoms with Crippen LogP contribution in [0.5, 0.6) is 0 Å². The summed E-state index contributed by atoms with van der Waals surface area (Å²) in [5.41, 5.74) is 4.03. The molecule has 6 rings (SSSR count). The van der Waals surface area contributed by atoms with Crippen LogP contribution in [-0.2, 0) is 5.41 Å². The molecule has 8 heteroatoms. The Labute approximate surface area is 247 Å². The molecule has 0 aliphatic carbocycles. The van der Waals surface area contributed by atoms with Crippen molar-refractivity contribution >= 4 is 5.69 Å². The number of anilines is 1. The number of hydrogen-bond donors (Lipinski definition) is 0. The molecule has 3 heterocycles. The van der Waals surface area contributed by atoms with Gasteiger partial charge < -0.3 is 9.80 Å². The Hall–Kier alpha value is -4.98. The summed E-state index contributed by atoms with van der Waals surface area (Å²) in [5, 5.41) is 0. The Bertz CT molecular complexity index is 1870. The third-order valence-corrected chi connectivity index (χ3v) is 7.66. The van der Waals surface area contributed by atoms with E-state index in [4.69, 9.17) is 9.97 Å². The van der Waals surface area contributed by atoms with Crippen LogP contribution in [0.4, 0.5) is 23.2 Å². The molecule has 0 spiro atoms. The van der Waals surface area contributed by atoms with Crippen molar-refractivity contribution in [2.75, 3.05) is 18.6 Å². The number of hydrogen-bond acceptors (Lipinski definition) is 4. The van der Waals surface area contributed by atoms with Gasteiger partial charge in [0, 0.05) is 53.8 Å². The van der Waals surface area contributed by atoms with Crippen LogP contribution in [0.1, 0.15) is 25.2 Å². The number of pyridine rings is 2. The molecule has 0 saturated heterocycles. The summed E-state index contributed by atoms with van der Waals surface area (Å²) in [6.07, 6.45) is 4.00. The second-order valence-corrected chi connectivity index (χ2v) is 11.1. The van der Waals surface area contributed by atoms with Crippen LogP contribution in [0.15, 0.2) is 103 Å². The average Bonchev–Trinajstić information content (AvgIpc) is 3.43. The Morgan fingerprint density at radius 3 is 1.93 bits per heavy atom. The fourth-order valence-corrected chi connectivity index (χ4v) is 5.17. The lowest BCUT2D eigenvalue weighted by Gasteiger charge is -2.26. The molecular formula is C35H28F4N4. The normalized spacial score (nSPS) is 13.2. The first kappa shape index (κ1) is 28.2. The van der Waals surface area contributed by atoms with Gasteiger partial charge in [-0.3, -0.25) is 9.97 Å². The van der Waals surface area contributed by atoms with Crippen molar-refractivity contribution in [3.8, 4) is 33.6 Å². The third-order valence-electron chi connectivity index (χ3n) is 7.66. The Morgan fingerprint density at radius 1 is 0.628 bits per heavy atom. The monoisotopic (exact) mass is 580 g/mol. The summed E-state index contributed by atoms with van der Waals surface area (Å²) < 4.78 is 57.1. The molecule has 0 fully saturated rings. The van der Waals surface area contributed by atoms with E-state index in [1.807, 2.05) is 63.6 Å². The van der Waals surface area contributed by atoms with E-state index >= 15 is 4.39 Å². The van der Waals surface area contributed by atoms with Gasteiger partial charge >= 0.3 is 0 Å². The van der Waals surface area contributed by atoms with Crippen molar-refractivity contribution in [3.05, 3.63) is 138 Å². The van der Waals surface area contributed by atoms with E-state index < -0.39 is 28.7 Å². The summed E-state index contributed by atoms with van der Waals surface area (Å²) in [7, 11) is 1.99. The highest BCUT2D eigenvalue weighted by Gasteiger charge is 2.29. The minimum Gasteiger partial charge on any atom is -0.361 e. The smallest absolute Gasteiger partial charge is 0.135 e. The quantitative estimate of drug-likeness (QED) is 0.189. The number of rotatable bonds is 6. The maximum atomic E-state index is 15.1. The molecule has 4 nitrogen and oxygen atoms in total. The minimum atomic E-state index is -0.828. The summed E-state index contributed by atoms with van der Waals surface area (Å²) in [5.74, 6) is -2.78. The highest BCUT2D eigenvalue weighted by Crippen LogP contribution is 2.37. The molecule has 0 bridgehead atoms. The van der Waals surface area contributed by atoms with Crippen molar-refractivity contribution in [3.63, 3.8) is 0 Å². The molecular weight excluding hydrogens is 552 g/mol. The first-order valence-electron chi connectivity index (χ1n) is 13.7. The largest absolute Gasteiger partial charge is 0.361 e. The van der Waals surface area contributed by atoms with Crippen molar-refractivity contribution in [2.24, 2.45) is 0 Å². The third kappa shape index (κ3) is 5.60. The molecule has 0 atom stereocenters. The summed E-state index contributed by atoms with van der Waals surface area (Å²) in [6.45, 7) is 4.57.